The number of hydrogen-bond acceptors (Lipinski definition) is 4. The third-order valence-electron chi connectivity index (χ3n) is 4.47. The molecule has 18 heavy (non-hydrogen) atoms. The highest BCUT2D eigenvalue weighted by atomic mass is 32.1. The van der Waals surface area contributed by atoms with Gasteiger partial charge in [0.2, 0.25) is 0 Å². The molecule has 1 aliphatic carbocycles. The van der Waals surface area contributed by atoms with E-state index in [1.165, 1.54) is 30.7 Å². The number of thiazole rings is 1. The van der Waals surface area contributed by atoms with Crippen LogP contribution in [0.5, 0.6) is 0 Å². The molecular weight excluding hydrogens is 242 g/mol. The van der Waals surface area contributed by atoms with Gasteiger partial charge in [0.15, 0.2) is 0 Å². The van der Waals surface area contributed by atoms with E-state index in [0.29, 0.717) is 0 Å². The average molecular weight is 267 g/mol. The molecule has 0 radical (unpaired) electrons. The molecule has 1 aromatic rings. The van der Waals surface area contributed by atoms with Crippen molar-refractivity contribution >= 4 is 11.3 Å². The number of aromatic nitrogens is 1. The third-order valence-corrected chi connectivity index (χ3v) is 5.27. The van der Waals surface area contributed by atoms with E-state index in [-0.39, 0.29) is 11.6 Å². The van der Waals surface area contributed by atoms with Gasteiger partial charge in [-0.05, 0) is 32.9 Å². The second-order valence-electron chi connectivity index (χ2n) is 5.94. The SMILES string of the molecule is CC1CCCC(C(N)Cc2nccs2)(N(C)C)C1. The lowest BCUT2D eigenvalue weighted by Gasteiger charge is -2.49. The van der Waals surface area contributed by atoms with Gasteiger partial charge in [-0.1, -0.05) is 19.8 Å². The molecule has 1 aliphatic rings. The number of nitrogens with two attached hydrogens (primary N) is 1. The van der Waals surface area contributed by atoms with Crippen LogP contribution in [0.3, 0.4) is 0 Å². The Morgan fingerprint density at radius 1 is 1.61 bits per heavy atom. The Bertz CT molecular complexity index is 363. The minimum absolute atomic E-state index is 0.156. The topological polar surface area (TPSA) is 42.1 Å². The molecular formula is C14H25N3S. The largest absolute Gasteiger partial charge is 0.326 e. The van der Waals surface area contributed by atoms with E-state index < -0.39 is 0 Å². The Morgan fingerprint density at radius 2 is 2.39 bits per heavy atom. The van der Waals surface area contributed by atoms with Crippen LogP contribution < -0.4 is 5.73 Å². The molecule has 1 fully saturated rings. The lowest BCUT2D eigenvalue weighted by molar-refractivity contribution is 0.0504. The minimum atomic E-state index is 0.156. The Labute approximate surface area is 114 Å². The second kappa shape index (κ2) is 5.68. The van der Waals surface area contributed by atoms with Gasteiger partial charge in [0, 0.05) is 29.6 Å². The van der Waals surface area contributed by atoms with Crippen molar-refractivity contribution < 1.29 is 0 Å². The highest BCUT2D eigenvalue weighted by Gasteiger charge is 2.42. The standard InChI is InChI=1S/C14H25N3S/c1-11-5-4-6-14(10-11,17(2)3)12(15)9-13-16-7-8-18-13/h7-8,11-12H,4-6,9-10,15H2,1-3H3. The Kier molecular flexibility index (Phi) is 4.41. The van der Waals surface area contributed by atoms with Crippen LogP contribution in [-0.2, 0) is 6.42 Å². The first kappa shape index (κ1) is 14.0. The van der Waals surface area contributed by atoms with Crippen LogP contribution in [0.2, 0.25) is 0 Å². The van der Waals surface area contributed by atoms with Crippen LogP contribution in [0.4, 0.5) is 0 Å². The van der Waals surface area contributed by atoms with Gasteiger partial charge < -0.3 is 10.6 Å². The monoisotopic (exact) mass is 267 g/mol. The van der Waals surface area contributed by atoms with Gasteiger partial charge in [-0.3, -0.25) is 0 Å². The normalized spacial score (nSPS) is 30.6. The van der Waals surface area contributed by atoms with Gasteiger partial charge in [0.05, 0.1) is 5.01 Å². The van der Waals surface area contributed by atoms with E-state index >= 15 is 0 Å². The van der Waals surface area contributed by atoms with E-state index in [4.69, 9.17) is 5.73 Å². The highest BCUT2D eigenvalue weighted by molar-refractivity contribution is 7.09. The molecule has 0 spiro atoms. The first-order valence-electron chi connectivity index (χ1n) is 6.86. The summed E-state index contributed by atoms with van der Waals surface area (Å²) in [5, 5.41) is 3.20. The summed E-state index contributed by atoms with van der Waals surface area (Å²) in [7, 11) is 4.36. The van der Waals surface area contributed by atoms with Gasteiger partial charge in [0.25, 0.3) is 0 Å². The van der Waals surface area contributed by atoms with Crippen molar-refractivity contribution in [3.8, 4) is 0 Å². The van der Waals surface area contributed by atoms with Gasteiger partial charge in [0.1, 0.15) is 0 Å². The van der Waals surface area contributed by atoms with Crippen molar-refractivity contribution in [2.75, 3.05) is 14.1 Å². The fourth-order valence-corrected chi connectivity index (χ4v) is 4.05. The molecule has 3 atom stereocenters. The van der Waals surface area contributed by atoms with Crippen molar-refractivity contribution in [1.29, 1.82) is 0 Å². The molecule has 0 amide bonds. The maximum Gasteiger partial charge on any atom is 0.0940 e. The molecule has 3 nitrogen and oxygen atoms in total. The summed E-state index contributed by atoms with van der Waals surface area (Å²) in [5.74, 6) is 0.781. The summed E-state index contributed by atoms with van der Waals surface area (Å²) >= 11 is 1.72. The van der Waals surface area contributed by atoms with Crippen molar-refractivity contribution in [1.82, 2.24) is 9.88 Å². The Hall–Kier alpha value is -0.450. The first-order chi connectivity index (χ1) is 8.54. The fraction of sp³-hybridized carbons (Fsp3) is 0.786. The van der Waals surface area contributed by atoms with E-state index in [2.05, 4.69) is 30.9 Å². The molecule has 102 valence electrons. The number of likely N-dealkylation sites (N-methyl/N-ethyl adjacent to an activating group) is 1. The third kappa shape index (κ3) is 2.76. The first-order valence-corrected chi connectivity index (χ1v) is 7.74. The van der Waals surface area contributed by atoms with Gasteiger partial charge in [-0.2, -0.15) is 0 Å². The number of rotatable bonds is 4. The van der Waals surface area contributed by atoms with E-state index in [9.17, 15) is 0 Å². The second-order valence-corrected chi connectivity index (χ2v) is 6.92. The lowest BCUT2D eigenvalue weighted by Crippen LogP contribution is -2.60. The Morgan fingerprint density at radius 3 is 2.94 bits per heavy atom. The molecule has 0 bridgehead atoms. The van der Waals surface area contributed by atoms with Gasteiger partial charge in [-0.15, -0.1) is 11.3 Å². The van der Waals surface area contributed by atoms with Crippen molar-refractivity contribution in [3.05, 3.63) is 16.6 Å². The quantitative estimate of drug-likeness (QED) is 0.911. The van der Waals surface area contributed by atoms with Crippen LogP contribution in [0.25, 0.3) is 0 Å². The summed E-state index contributed by atoms with van der Waals surface area (Å²) in [6.45, 7) is 2.35. The van der Waals surface area contributed by atoms with Gasteiger partial charge >= 0.3 is 0 Å². The van der Waals surface area contributed by atoms with Crippen LogP contribution in [0, 0.1) is 5.92 Å². The molecule has 1 aromatic heterocycles. The van der Waals surface area contributed by atoms with E-state index in [0.717, 1.165) is 12.3 Å². The minimum Gasteiger partial charge on any atom is -0.326 e. The smallest absolute Gasteiger partial charge is 0.0940 e. The lowest BCUT2D eigenvalue weighted by atomic mass is 9.71. The van der Waals surface area contributed by atoms with Crippen LogP contribution in [0.1, 0.15) is 37.6 Å². The van der Waals surface area contributed by atoms with Crippen molar-refractivity contribution in [2.45, 2.75) is 50.6 Å². The maximum absolute atomic E-state index is 6.56. The van der Waals surface area contributed by atoms with Crippen LogP contribution in [0.15, 0.2) is 11.6 Å². The molecule has 0 saturated heterocycles. The molecule has 2 rings (SSSR count). The number of nitrogens with zero attached hydrogens (tertiary/aromatic N) is 2. The molecule has 0 aromatic carbocycles. The van der Waals surface area contributed by atoms with Crippen molar-refractivity contribution in [2.24, 2.45) is 11.7 Å². The average Bonchev–Trinajstić information content (AvgIpc) is 2.81. The summed E-state index contributed by atoms with van der Waals surface area (Å²) in [5.41, 5.74) is 6.72. The summed E-state index contributed by atoms with van der Waals surface area (Å²) < 4.78 is 0. The molecule has 2 N–H and O–H groups in total. The van der Waals surface area contributed by atoms with Crippen molar-refractivity contribution in [3.63, 3.8) is 0 Å². The number of hydrogen-bond donors (Lipinski definition) is 1. The summed E-state index contributed by atoms with van der Waals surface area (Å²) in [4.78, 5) is 6.74. The highest BCUT2D eigenvalue weighted by Crippen LogP contribution is 2.38. The fourth-order valence-electron chi connectivity index (χ4n) is 3.37. The zero-order chi connectivity index (χ0) is 13.2. The predicted molar refractivity (Wildman–Crippen MR) is 77.8 cm³/mol. The van der Waals surface area contributed by atoms with E-state index in [1.807, 2.05) is 11.6 Å². The van der Waals surface area contributed by atoms with Crippen LogP contribution in [-0.4, -0.2) is 35.6 Å². The summed E-state index contributed by atoms with van der Waals surface area (Å²) in [6.07, 6.45) is 7.86. The molecule has 3 unspecified atom stereocenters. The molecule has 1 heterocycles. The zero-order valence-corrected chi connectivity index (χ0v) is 12.5. The Balaban J connectivity index is 2.13. The summed E-state index contributed by atoms with van der Waals surface area (Å²) in [6, 6.07) is 0.182. The molecule has 1 saturated carbocycles. The zero-order valence-electron chi connectivity index (χ0n) is 11.7. The maximum atomic E-state index is 6.56. The molecule has 4 heteroatoms. The van der Waals surface area contributed by atoms with Crippen LogP contribution >= 0.6 is 11.3 Å². The predicted octanol–water partition coefficient (Wildman–Crippen LogP) is 2.52. The molecule has 0 aliphatic heterocycles. The van der Waals surface area contributed by atoms with Gasteiger partial charge in [-0.25, -0.2) is 4.98 Å². The van der Waals surface area contributed by atoms with E-state index in [1.54, 1.807) is 11.3 Å².